The molecule has 0 aliphatic carbocycles. The Morgan fingerprint density at radius 2 is 0.640 bits per heavy atom. The highest BCUT2D eigenvalue weighted by Crippen LogP contribution is 2.55. The first kappa shape index (κ1) is 31.8. The van der Waals surface area contributed by atoms with Gasteiger partial charge in [0.25, 0.3) is 0 Å². The number of rotatable bonds is 7. The van der Waals surface area contributed by atoms with Gasteiger partial charge >= 0.3 is 7.12 Å². The van der Waals surface area contributed by atoms with E-state index < -0.39 is 7.12 Å². The van der Waals surface area contributed by atoms with Crippen molar-refractivity contribution in [3.8, 4) is 66.8 Å². The Bertz CT molecular complexity index is 2110. The molecule has 0 N–H and O–H groups in total. The summed E-state index contributed by atoms with van der Waals surface area (Å²) in [7, 11) is -0.406. The molecule has 7 aromatic rings. The second-order valence-corrected chi connectivity index (χ2v) is 13.5. The SMILES string of the molecule is CC1OB(c2ccc(-c3c(-c4ccccc4)c(-c4ccccc4)c(-c4ccccc4)c(-c4ccccc4)c3-c3ccccc3)cc2)OC1(C)C. The van der Waals surface area contributed by atoms with Crippen molar-refractivity contribution in [3.05, 3.63) is 176 Å². The Morgan fingerprint density at radius 1 is 0.380 bits per heavy atom. The molecule has 1 fully saturated rings. The lowest BCUT2D eigenvalue weighted by Crippen LogP contribution is -2.34. The van der Waals surface area contributed by atoms with E-state index in [1.165, 1.54) is 50.1 Å². The molecule has 50 heavy (non-hydrogen) atoms. The van der Waals surface area contributed by atoms with E-state index in [4.69, 9.17) is 9.31 Å². The van der Waals surface area contributed by atoms with Crippen molar-refractivity contribution in [2.75, 3.05) is 0 Å². The minimum Gasteiger partial charge on any atom is -0.402 e. The van der Waals surface area contributed by atoms with Crippen LogP contribution in [0.2, 0.25) is 0 Å². The van der Waals surface area contributed by atoms with E-state index in [-0.39, 0.29) is 11.7 Å². The number of hydrogen-bond donors (Lipinski definition) is 0. The van der Waals surface area contributed by atoms with Crippen LogP contribution < -0.4 is 5.46 Å². The van der Waals surface area contributed by atoms with Gasteiger partial charge in [0.05, 0.1) is 11.7 Å². The topological polar surface area (TPSA) is 18.5 Å². The van der Waals surface area contributed by atoms with Gasteiger partial charge in [-0.05, 0) is 93.0 Å². The molecular weight excluding hydrogens is 607 g/mol. The van der Waals surface area contributed by atoms with Crippen LogP contribution in [0.25, 0.3) is 66.8 Å². The highest BCUT2D eigenvalue weighted by molar-refractivity contribution is 6.62. The molecule has 7 aromatic carbocycles. The molecule has 1 saturated heterocycles. The molecule has 1 atom stereocenters. The van der Waals surface area contributed by atoms with E-state index in [0.717, 1.165) is 22.2 Å². The number of hydrogen-bond acceptors (Lipinski definition) is 2. The third kappa shape index (κ3) is 5.90. The highest BCUT2D eigenvalue weighted by Gasteiger charge is 2.43. The lowest BCUT2D eigenvalue weighted by atomic mass is 9.73. The summed E-state index contributed by atoms with van der Waals surface area (Å²) < 4.78 is 12.7. The third-order valence-electron chi connectivity index (χ3n) is 10.0. The van der Waals surface area contributed by atoms with Crippen LogP contribution in [0.15, 0.2) is 176 Å². The molecule has 1 heterocycles. The van der Waals surface area contributed by atoms with Crippen LogP contribution in [0, 0.1) is 0 Å². The van der Waals surface area contributed by atoms with Crippen molar-refractivity contribution in [2.45, 2.75) is 32.5 Å². The maximum atomic E-state index is 6.38. The smallest absolute Gasteiger partial charge is 0.402 e. The van der Waals surface area contributed by atoms with Crippen molar-refractivity contribution >= 4 is 12.6 Å². The first-order valence-electron chi connectivity index (χ1n) is 17.4. The lowest BCUT2D eigenvalue weighted by Gasteiger charge is -2.29. The zero-order valence-corrected chi connectivity index (χ0v) is 28.7. The van der Waals surface area contributed by atoms with Gasteiger partial charge in [-0.3, -0.25) is 0 Å². The predicted molar refractivity (Wildman–Crippen MR) is 210 cm³/mol. The Morgan fingerprint density at radius 3 is 0.880 bits per heavy atom. The summed E-state index contributed by atoms with van der Waals surface area (Å²) in [6, 6.07) is 63.2. The molecule has 1 aliphatic heterocycles. The molecule has 2 nitrogen and oxygen atoms in total. The van der Waals surface area contributed by atoms with Crippen LogP contribution in [-0.4, -0.2) is 18.8 Å². The predicted octanol–water partition coefficient (Wildman–Crippen LogP) is 11.6. The van der Waals surface area contributed by atoms with Crippen molar-refractivity contribution in [3.63, 3.8) is 0 Å². The molecule has 3 heteroatoms. The van der Waals surface area contributed by atoms with Gasteiger partial charge < -0.3 is 9.31 Å². The summed E-state index contributed by atoms with van der Waals surface area (Å²) in [4.78, 5) is 0. The van der Waals surface area contributed by atoms with Crippen LogP contribution in [-0.2, 0) is 9.31 Å². The summed E-state index contributed by atoms with van der Waals surface area (Å²) in [5, 5.41) is 0. The van der Waals surface area contributed by atoms with E-state index >= 15 is 0 Å². The molecule has 0 amide bonds. The van der Waals surface area contributed by atoms with Gasteiger partial charge in [0, 0.05) is 0 Å². The lowest BCUT2D eigenvalue weighted by molar-refractivity contribution is 0.0842. The maximum absolute atomic E-state index is 6.38. The molecule has 0 saturated carbocycles. The summed E-state index contributed by atoms with van der Waals surface area (Å²) in [5.41, 5.74) is 14.8. The molecule has 1 aliphatic rings. The molecule has 0 bridgehead atoms. The van der Waals surface area contributed by atoms with Crippen molar-refractivity contribution < 1.29 is 9.31 Å². The summed E-state index contributed by atoms with van der Waals surface area (Å²) >= 11 is 0. The van der Waals surface area contributed by atoms with Crippen LogP contribution in [0.5, 0.6) is 0 Å². The zero-order valence-electron chi connectivity index (χ0n) is 28.7. The van der Waals surface area contributed by atoms with E-state index in [1.54, 1.807) is 0 Å². The Labute approximate surface area is 296 Å². The van der Waals surface area contributed by atoms with Crippen molar-refractivity contribution in [1.29, 1.82) is 0 Å². The van der Waals surface area contributed by atoms with Gasteiger partial charge in [-0.1, -0.05) is 176 Å². The summed E-state index contributed by atoms with van der Waals surface area (Å²) in [6.07, 6.45) is -0.00562. The molecule has 8 rings (SSSR count). The standard InChI is InChI=1S/C47H39BO2/c1-33-47(2,3)50-48(49-33)40-31-29-39(30-32-40)46-44(37-25-15-7-16-26-37)42(35-21-11-5-12-22-35)41(34-19-9-4-10-20-34)43(36-23-13-6-14-24-36)45(46)38-27-17-8-18-28-38/h4-33H,1-3H3. The van der Waals surface area contributed by atoms with E-state index in [0.29, 0.717) is 0 Å². The monoisotopic (exact) mass is 646 g/mol. The average molecular weight is 647 g/mol. The van der Waals surface area contributed by atoms with Crippen LogP contribution in [0.3, 0.4) is 0 Å². The molecule has 0 aromatic heterocycles. The molecule has 0 spiro atoms. The van der Waals surface area contributed by atoms with E-state index in [2.05, 4.69) is 197 Å². The average Bonchev–Trinajstić information content (AvgIpc) is 3.46. The minimum atomic E-state index is -0.406. The molecule has 1 unspecified atom stereocenters. The van der Waals surface area contributed by atoms with Gasteiger partial charge in [0.2, 0.25) is 0 Å². The van der Waals surface area contributed by atoms with E-state index in [9.17, 15) is 0 Å². The van der Waals surface area contributed by atoms with Gasteiger partial charge in [0.15, 0.2) is 0 Å². The van der Waals surface area contributed by atoms with E-state index in [1.807, 2.05) is 0 Å². The number of benzene rings is 7. The molecule has 242 valence electrons. The molecule has 0 radical (unpaired) electrons. The van der Waals surface area contributed by atoms with Crippen LogP contribution >= 0.6 is 0 Å². The van der Waals surface area contributed by atoms with Crippen molar-refractivity contribution in [1.82, 2.24) is 0 Å². The Hall–Kier alpha value is -5.48. The van der Waals surface area contributed by atoms with Crippen molar-refractivity contribution in [2.24, 2.45) is 0 Å². The quantitative estimate of drug-likeness (QED) is 0.161. The van der Waals surface area contributed by atoms with Gasteiger partial charge in [-0.25, -0.2) is 0 Å². The van der Waals surface area contributed by atoms with Gasteiger partial charge in [0.1, 0.15) is 0 Å². The molecular formula is C47H39BO2. The third-order valence-corrected chi connectivity index (χ3v) is 10.0. The van der Waals surface area contributed by atoms with Gasteiger partial charge in [-0.15, -0.1) is 0 Å². The Balaban J connectivity index is 1.55. The zero-order chi connectivity index (χ0) is 34.1. The summed E-state index contributed by atoms with van der Waals surface area (Å²) in [6.45, 7) is 6.26. The fourth-order valence-corrected chi connectivity index (χ4v) is 7.21. The second-order valence-electron chi connectivity index (χ2n) is 13.5. The summed E-state index contributed by atoms with van der Waals surface area (Å²) in [5.74, 6) is 0. The first-order chi connectivity index (χ1) is 24.5. The highest BCUT2D eigenvalue weighted by atomic mass is 16.7. The normalized spacial score (nSPS) is 15.3. The maximum Gasteiger partial charge on any atom is 0.494 e. The largest absolute Gasteiger partial charge is 0.494 e. The minimum absolute atomic E-state index is 0.00562. The van der Waals surface area contributed by atoms with Crippen LogP contribution in [0.1, 0.15) is 20.8 Å². The first-order valence-corrected chi connectivity index (χ1v) is 17.4. The second kappa shape index (κ2) is 13.4. The fraction of sp³-hybridized carbons (Fsp3) is 0.106. The van der Waals surface area contributed by atoms with Crippen LogP contribution in [0.4, 0.5) is 0 Å². The van der Waals surface area contributed by atoms with Gasteiger partial charge in [-0.2, -0.15) is 0 Å². The Kier molecular flexibility index (Phi) is 8.54. The fourth-order valence-electron chi connectivity index (χ4n) is 7.21.